The van der Waals surface area contributed by atoms with E-state index >= 15 is 0 Å². The molecule has 1 aliphatic heterocycles. The van der Waals surface area contributed by atoms with Crippen molar-refractivity contribution in [1.82, 2.24) is 20.2 Å². The zero-order chi connectivity index (χ0) is 14.8. The average Bonchev–Trinajstić information content (AvgIpc) is 3.10. The Hall–Kier alpha value is -2.22. The molecule has 21 heavy (non-hydrogen) atoms. The molecule has 3 rings (SSSR count). The zero-order valence-electron chi connectivity index (χ0n) is 12.1. The van der Waals surface area contributed by atoms with E-state index in [1.54, 1.807) is 6.92 Å². The van der Waals surface area contributed by atoms with Gasteiger partial charge in [-0.15, -0.1) is 10.2 Å². The summed E-state index contributed by atoms with van der Waals surface area (Å²) in [4.78, 5) is 10.5. The molecule has 0 amide bonds. The third-order valence-electron chi connectivity index (χ3n) is 3.43. The number of hydrogen-bond donors (Lipinski definition) is 1. The molecule has 2 aromatic heterocycles. The standard InChI is InChI=1S/C13H18N6O2/c1-8-17-18-12(21-8)6-19(2)11-5-10(15-13(14)16-11)9-3-4-20-7-9/h5,9H,3-4,6-7H2,1-2H3,(H2,14,15,16)/t9-/m0/s1. The van der Waals surface area contributed by atoms with Crippen molar-refractivity contribution in [3.63, 3.8) is 0 Å². The van der Waals surface area contributed by atoms with E-state index in [2.05, 4.69) is 20.2 Å². The molecule has 112 valence electrons. The van der Waals surface area contributed by atoms with Crippen LogP contribution in [-0.2, 0) is 11.3 Å². The highest BCUT2D eigenvalue weighted by atomic mass is 16.5. The average molecular weight is 290 g/mol. The van der Waals surface area contributed by atoms with Gasteiger partial charge in [-0.2, -0.15) is 4.98 Å². The quantitative estimate of drug-likeness (QED) is 0.885. The summed E-state index contributed by atoms with van der Waals surface area (Å²) in [5.74, 6) is 2.37. The second kappa shape index (κ2) is 5.65. The Labute approximate surface area is 122 Å². The lowest BCUT2D eigenvalue weighted by Crippen LogP contribution is -2.20. The molecule has 1 saturated heterocycles. The van der Waals surface area contributed by atoms with E-state index < -0.39 is 0 Å². The second-order valence-corrected chi connectivity index (χ2v) is 5.14. The van der Waals surface area contributed by atoms with Crippen LogP contribution in [0.15, 0.2) is 10.5 Å². The highest BCUT2D eigenvalue weighted by Gasteiger charge is 2.21. The van der Waals surface area contributed by atoms with Gasteiger partial charge in [0, 0.05) is 32.6 Å². The Bertz CT molecular complexity index is 623. The van der Waals surface area contributed by atoms with Gasteiger partial charge in [0.2, 0.25) is 17.7 Å². The van der Waals surface area contributed by atoms with E-state index in [1.807, 2.05) is 18.0 Å². The molecule has 1 aliphatic rings. The van der Waals surface area contributed by atoms with Gasteiger partial charge in [-0.3, -0.25) is 0 Å². The third-order valence-corrected chi connectivity index (χ3v) is 3.43. The maximum Gasteiger partial charge on any atom is 0.235 e. The Morgan fingerprint density at radius 2 is 2.24 bits per heavy atom. The third kappa shape index (κ3) is 3.10. The Morgan fingerprint density at radius 1 is 1.38 bits per heavy atom. The fraction of sp³-hybridized carbons (Fsp3) is 0.538. The number of ether oxygens (including phenoxy) is 1. The maximum absolute atomic E-state index is 5.82. The lowest BCUT2D eigenvalue weighted by Gasteiger charge is -2.18. The van der Waals surface area contributed by atoms with Crippen LogP contribution in [0.25, 0.3) is 0 Å². The minimum atomic E-state index is 0.267. The van der Waals surface area contributed by atoms with Crippen LogP contribution >= 0.6 is 0 Å². The molecule has 1 atom stereocenters. The van der Waals surface area contributed by atoms with Crippen LogP contribution in [0.3, 0.4) is 0 Å². The summed E-state index contributed by atoms with van der Waals surface area (Å²) in [6, 6.07) is 1.94. The largest absolute Gasteiger partial charge is 0.424 e. The first-order chi connectivity index (χ1) is 10.1. The van der Waals surface area contributed by atoms with Crippen LogP contribution in [0, 0.1) is 6.92 Å². The van der Waals surface area contributed by atoms with E-state index in [-0.39, 0.29) is 11.9 Å². The summed E-state index contributed by atoms with van der Waals surface area (Å²) in [6.07, 6.45) is 0.961. The van der Waals surface area contributed by atoms with E-state index in [1.165, 1.54) is 0 Å². The SMILES string of the molecule is Cc1nnc(CN(C)c2cc([C@H]3CCOC3)nc(N)n2)o1. The summed E-state index contributed by atoms with van der Waals surface area (Å²) in [5.41, 5.74) is 6.74. The molecule has 0 spiro atoms. The van der Waals surface area contributed by atoms with Crippen molar-refractivity contribution in [3.8, 4) is 0 Å². The lowest BCUT2D eigenvalue weighted by atomic mass is 10.0. The highest BCUT2D eigenvalue weighted by molar-refractivity contribution is 5.43. The van der Waals surface area contributed by atoms with Crippen LogP contribution in [0.2, 0.25) is 0 Å². The summed E-state index contributed by atoms with van der Waals surface area (Å²) in [6.45, 7) is 3.68. The fourth-order valence-electron chi connectivity index (χ4n) is 2.33. The van der Waals surface area contributed by atoms with Gasteiger partial charge in [0.1, 0.15) is 5.82 Å². The second-order valence-electron chi connectivity index (χ2n) is 5.14. The van der Waals surface area contributed by atoms with Crippen LogP contribution < -0.4 is 10.6 Å². The van der Waals surface area contributed by atoms with Gasteiger partial charge < -0.3 is 19.8 Å². The van der Waals surface area contributed by atoms with Crippen molar-refractivity contribution >= 4 is 11.8 Å². The van der Waals surface area contributed by atoms with Gasteiger partial charge in [0.15, 0.2) is 0 Å². The number of anilines is 2. The predicted octanol–water partition coefficient (Wildman–Crippen LogP) is 0.891. The van der Waals surface area contributed by atoms with Gasteiger partial charge in [-0.1, -0.05) is 0 Å². The molecule has 0 aromatic carbocycles. The van der Waals surface area contributed by atoms with Crippen molar-refractivity contribution in [2.24, 2.45) is 0 Å². The van der Waals surface area contributed by atoms with Gasteiger partial charge >= 0.3 is 0 Å². The van der Waals surface area contributed by atoms with Gasteiger partial charge in [0.25, 0.3) is 0 Å². The molecule has 0 aliphatic carbocycles. The minimum absolute atomic E-state index is 0.267. The van der Waals surface area contributed by atoms with Crippen molar-refractivity contribution in [2.45, 2.75) is 25.8 Å². The number of aromatic nitrogens is 4. The number of aryl methyl sites for hydroxylation is 1. The number of nitrogen functional groups attached to an aromatic ring is 1. The topological polar surface area (TPSA) is 103 Å². The van der Waals surface area contributed by atoms with Crippen molar-refractivity contribution in [2.75, 3.05) is 30.9 Å². The first kappa shape index (κ1) is 13.7. The van der Waals surface area contributed by atoms with Gasteiger partial charge in [0.05, 0.1) is 18.8 Å². The minimum Gasteiger partial charge on any atom is -0.424 e. The summed E-state index contributed by atoms with van der Waals surface area (Å²) in [5, 5.41) is 7.79. The molecule has 1 fully saturated rings. The first-order valence-corrected chi connectivity index (χ1v) is 6.84. The Kier molecular flexibility index (Phi) is 3.70. The number of hydrogen-bond acceptors (Lipinski definition) is 8. The molecule has 2 aromatic rings. The summed E-state index contributed by atoms with van der Waals surface area (Å²) >= 11 is 0. The molecule has 0 bridgehead atoms. The molecular weight excluding hydrogens is 272 g/mol. The van der Waals surface area contributed by atoms with Crippen molar-refractivity contribution < 1.29 is 9.15 Å². The Balaban J connectivity index is 1.80. The van der Waals surface area contributed by atoms with Crippen LogP contribution in [0.4, 0.5) is 11.8 Å². The molecule has 8 heteroatoms. The van der Waals surface area contributed by atoms with Gasteiger partial charge in [-0.25, -0.2) is 4.98 Å². The lowest BCUT2D eigenvalue weighted by molar-refractivity contribution is 0.193. The van der Waals surface area contributed by atoms with E-state index in [9.17, 15) is 0 Å². The van der Waals surface area contributed by atoms with Crippen molar-refractivity contribution in [1.29, 1.82) is 0 Å². The molecule has 0 radical (unpaired) electrons. The normalized spacial score (nSPS) is 18.1. The summed E-state index contributed by atoms with van der Waals surface area (Å²) < 4.78 is 10.8. The van der Waals surface area contributed by atoms with Crippen molar-refractivity contribution in [3.05, 3.63) is 23.5 Å². The molecule has 0 unspecified atom stereocenters. The highest BCUT2D eigenvalue weighted by Crippen LogP contribution is 2.26. The number of rotatable bonds is 4. The van der Waals surface area contributed by atoms with E-state index in [4.69, 9.17) is 14.9 Å². The predicted molar refractivity (Wildman–Crippen MR) is 75.8 cm³/mol. The van der Waals surface area contributed by atoms with Crippen LogP contribution in [0.1, 0.15) is 29.8 Å². The first-order valence-electron chi connectivity index (χ1n) is 6.84. The molecule has 3 heterocycles. The maximum atomic E-state index is 5.82. The molecular formula is C13H18N6O2. The molecule has 2 N–H and O–H groups in total. The number of nitrogens with two attached hydrogens (primary N) is 1. The number of nitrogens with zero attached hydrogens (tertiary/aromatic N) is 5. The summed E-state index contributed by atoms with van der Waals surface area (Å²) in [7, 11) is 1.90. The zero-order valence-corrected chi connectivity index (χ0v) is 12.1. The smallest absolute Gasteiger partial charge is 0.235 e. The monoisotopic (exact) mass is 290 g/mol. The van der Waals surface area contributed by atoms with E-state index in [0.29, 0.717) is 24.9 Å². The Morgan fingerprint density at radius 3 is 2.90 bits per heavy atom. The van der Waals surface area contributed by atoms with E-state index in [0.717, 1.165) is 24.5 Å². The fourth-order valence-corrected chi connectivity index (χ4v) is 2.33. The molecule has 8 nitrogen and oxygen atoms in total. The van der Waals surface area contributed by atoms with Crippen LogP contribution in [-0.4, -0.2) is 40.4 Å². The van der Waals surface area contributed by atoms with Gasteiger partial charge in [-0.05, 0) is 6.42 Å². The molecule has 0 saturated carbocycles. The van der Waals surface area contributed by atoms with Crippen LogP contribution in [0.5, 0.6) is 0 Å².